The number of aryl methyl sites for hydroxylation is 1. The van der Waals surface area contributed by atoms with Crippen LogP contribution in [0.4, 0.5) is 4.39 Å². The second kappa shape index (κ2) is 6.31. The predicted octanol–water partition coefficient (Wildman–Crippen LogP) is 5.23. The number of hydrogen-bond donors (Lipinski definition) is 0. The molecule has 0 saturated heterocycles. The molecule has 1 aromatic heterocycles. The van der Waals surface area contributed by atoms with Crippen LogP contribution in [0.1, 0.15) is 21.5 Å². The molecular formula is C19H13ClFNO. The molecule has 3 rings (SSSR count). The number of fused-ring (bicyclic) bond motifs is 1. The zero-order chi connectivity index (χ0) is 16.4. The largest absolute Gasteiger partial charge is 0.289 e. The molecule has 3 aromatic rings. The zero-order valence-electron chi connectivity index (χ0n) is 12.4. The van der Waals surface area contributed by atoms with Crippen LogP contribution in [0.5, 0.6) is 0 Å². The summed E-state index contributed by atoms with van der Waals surface area (Å²) in [5, 5.41) is 1.27. The minimum atomic E-state index is -0.440. The zero-order valence-corrected chi connectivity index (χ0v) is 13.1. The summed E-state index contributed by atoms with van der Waals surface area (Å²) in [5.74, 6) is -0.727. The Morgan fingerprint density at radius 3 is 2.78 bits per heavy atom. The molecule has 0 fully saturated rings. The van der Waals surface area contributed by atoms with Gasteiger partial charge in [-0.15, -0.1) is 0 Å². The monoisotopic (exact) mass is 325 g/mol. The van der Waals surface area contributed by atoms with Crippen molar-refractivity contribution in [3.05, 3.63) is 82.3 Å². The highest BCUT2D eigenvalue weighted by Crippen LogP contribution is 2.22. The van der Waals surface area contributed by atoms with Crippen LogP contribution in [0.15, 0.2) is 54.6 Å². The van der Waals surface area contributed by atoms with E-state index in [9.17, 15) is 9.18 Å². The SMILES string of the molecule is Cc1ccc2cc(C=CC(=O)c3cccc(F)c3)c(Cl)nc2c1. The molecule has 1 heterocycles. The van der Waals surface area contributed by atoms with Gasteiger partial charge < -0.3 is 0 Å². The Balaban J connectivity index is 1.93. The summed E-state index contributed by atoms with van der Waals surface area (Å²) in [6, 6.07) is 13.3. The van der Waals surface area contributed by atoms with E-state index in [1.165, 1.54) is 24.3 Å². The van der Waals surface area contributed by atoms with Crippen molar-refractivity contribution in [2.45, 2.75) is 6.92 Å². The number of allylic oxidation sites excluding steroid dienone is 1. The summed E-state index contributed by atoms with van der Waals surface area (Å²) in [6.07, 6.45) is 2.97. The Bertz CT molecular complexity index is 934. The van der Waals surface area contributed by atoms with Gasteiger partial charge in [0, 0.05) is 16.5 Å². The van der Waals surface area contributed by atoms with E-state index in [1.807, 2.05) is 31.2 Å². The van der Waals surface area contributed by atoms with Crippen LogP contribution < -0.4 is 0 Å². The Kier molecular flexibility index (Phi) is 4.22. The molecule has 0 aliphatic rings. The summed E-state index contributed by atoms with van der Waals surface area (Å²) in [7, 11) is 0. The lowest BCUT2D eigenvalue weighted by Gasteiger charge is -2.03. The number of halogens is 2. The normalized spacial score (nSPS) is 11.3. The van der Waals surface area contributed by atoms with E-state index in [0.29, 0.717) is 16.3 Å². The summed E-state index contributed by atoms with van der Waals surface area (Å²) < 4.78 is 13.2. The molecule has 0 aliphatic heterocycles. The second-order valence-electron chi connectivity index (χ2n) is 5.27. The summed E-state index contributed by atoms with van der Waals surface area (Å²) in [4.78, 5) is 16.4. The number of benzene rings is 2. The van der Waals surface area contributed by atoms with Crippen molar-refractivity contribution in [2.24, 2.45) is 0 Å². The lowest BCUT2D eigenvalue weighted by atomic mass is 10.1. The van der Waals surface area contributed by atoms with Gasteiger partial charge in [0.2, 0.25) is 0 Å². The number of pyridine rings is 1. The molecule has 114 valence electrons. The van der Waals surface area contributed by atoms with Crippen LogP contribution in [0.2, 0.25) is 5.15 Å². The van der Waals surface area contributed by atoms with Crippen LogP contribution >= 0.6 is 11.6 Å². The smallest absolute Gasteiger partial charge is 0.185 e. The maximum absolute atomic E-state index is 13.2. The molecule has 0 saturated carbocycles. The standard InChI is InChI=1S/C19H13ClFNO/c1-12-5-6-13-10-15(19(20)22-17(13)9-12)7-8-18(23)14-3-2-4-16(21)11-14/h2-11H,1H3. The van der Waals surface area contributed by atoms with E-state index in [1.54, 1.807) is 12.1 Å². The molecule has 2 nitrogen and oxygen atoms in total. The van der Waals surface area contributed by atoms with Crippen molar-refractivity contribution in [2.75, 3.05) is 0 Å². The molecule has 4 heteroatoms. The number of ketones is 1. The van der Waals surface area contributed by atoms with Gasteiger partial charge in [-0.05, 0) is 48.9 Å². The lowest BCUT2D eigenvalue weighted by molar-refractivity contribution is 0.104. The van der Waals surface area contributed by atoms with Crippen LogP contribution in [0, 0.1) is 12.7 Å². The van der Waals surface area contributed by atoms with Crippen molar-refractivity contribution in [3.63, 3.8) is 0 Å². The van der Waals surface area contributed by atoms with Crippen molar-refractivity contribution in [1.82, 2.24) is 4.98 Å². The maximum Gasteiger partial charge on any atom is 0.185 e. The summed E-state index contributed by atoms with van der Waals surface area (Å²) in [5.41, 5.74) is 2.85. The molecule has 23 heavy (non-hydrogen) atoms. The average Bonchev–Trinajstić information content (AvgIpc) is 2.52. The van der Waals surface area contributed by atoms with Crippen molar-refractivity contribution >= 4 is 34.4 Å². The molecule has 0 bridgehead atoms. The first kappa shape index (κ1) is 15.4. The van der Waals surface area contributed by atoms with Gasteiger partial charge in [0.15, 0.2) is 5.78 Å². The molecule has 0 radical (unpaired) electrons. The summed E-state index contributed by atoms with van der Waals surface area (Å²) >= 11 is 6.18. The lowest BCUT2D eigenvalue weighted by Crippen LogP contribution is -1.95. The molecule has 0 amide bonds. The third kappa shape index (κ3) is 3.46. The quantitative estimate of drug-likeness (QED) is 0.375. The average molecular weight is 326 g/mol. The van der Waals surface area contributed by atoms with E-state index in [2.05, 4.69) is 4.98 Å². The predicted molar refractivity (Wildman–Crippen MR) is 91.3 cm³/mol. The first-order valence-corrected chi connectivity index (χ1v) is 7.45. The molecule has 0 unspecified atom stereocenters. The number of aromatic nitrogens is 1. The van der Waals surface area contributed by atoms with Crippen LogP contribution in [-0.2, 0) is 0 Å². The van der Waals surface area contributed by atoms with Gasteiger partial charge in [0.1, 0.15) is 11.0 Å². The third-order valence-electron chi connectivity index (χ3n) is 3.48. The van der Waals surface area contributed by atoms with Gasteiger partial charge in [0.25, 0.3) is 0 Å². The van der Waals surface area contributed by atoms with Crippen molar-refractivity contribution in [1.29, 1.82) is 0 Å². The maximum atomic E-state index is 13.2. The Labute approximate surface area is 138 Å². The number of nitrogens with zero attached hydrogens (tertiary/aromatic N) is 1. The highest BCUT2D eigenvalue weighted by atomic mass is 35.5. The van der Waals surface area contributed by atoms with E-state index in [0.717, 1.165) is 16.5 Å². The minimum Gasteiger partial charge on any atom is -0.289 e. The van der Waals surface area contributed by atoms with Crippen molar-refractivity contribution in [3.8, 4) is 0 Å². The fraction of sp³-hybridized carbons (Fsp3) is 0.0526. The first-order chi connectivity index (χ1) is 11.0. The molecule has 0 aliphatic carbocycles. The molecule has 0 N–H and O–H groups in total. The first-order valence-electron chi connectivity index (χ1n) is 7.08. The van der Waals surface area contributed by atoms with Gasteiger partial charge in [-0.3, -0.25) is 4.79 Å². The van der Waals surface area contributed by atoms with Gasteiger partial charge in [-0.2, -0.15) is 0 Å². The fourth-order valence-corrected chi connectivity index (χ4v) is 2.50. The number of rotatable bonds is 3. The Hall–Kier alpha value is -2.52. The number of carbonyl (C=O) groups is 1. The highest BCUT2D eigenvalue weighted by molar-refractivity contribution is 6.31. The highest BCUT2D eigenvalue weighted by Gasteiger charge is 2.06. The van der Waals surface area contributed by atoms with E-state index < -0.39 is 5.82 Å². The Morgan fingerprint density at radius 1 is 1.17 bits per heavy atom. The van der Waals surface area contributed by atoms with E-state index in [4.69, 9.17) is 11.6 Å². The third-order valence-corrected chi connectivity index (χ3v) is 3.78. The number of carbonyl (C=O) groups excluding carboxylic acids is 1. The Morgan fingerprint density at radius 2 is 2.00 bits per heavy atom. The van der Waals surface area contributed by atoms with Crippen LogP contribution in [-0.4, -0.2) is 10.8 Å². The molecular weight excluding hydrogens is 313 g/mol. The van der Waals surface area contributed by atoms with Gasteiger partial charge >= 0.3 is 0 Å². The van der Waals surface area contributed by atoms with Crippen molar-refractivity contribution < 1.29 is 9.18 Å². The van der Waals surface area contributed by atoms with Gasteiger partial charge in [-0.25, -0.2) is 9.37 Å². The van der Waals surface area contributed by atoms with E-state index >= 15 is 0 Å². The molecule has 0 atom stereocenters. The molecule has 0 spiro atoms. The fourth-order valence-electron chi connectivity index (χ4n) is 2.29. The number of hydrogen-bond acceptors (Lipinski definition) is 2. The van der Waals surface area contributed by atoms with Gasteiger partial charge in [0.05, 0.1) is 5.52 Å². The van der Waals surface area contributed by atoms with Gasteiger partial charge in [-0.1, -0.05) is 35.9 Å². The topological polar surface area (TPSA) is 30.0 Å². The molecule has 2 aromatic carbocycles. The van der Waals surface area contributed by atoms with Crippen LogP contribution in [0.3, 0.4) is 0 Å². The second-order valence-corrected chi connectivity index (χ2v) is 5.63. The summed E-state index contributed by atoms with van der Waals surface area (Å²) in [6.45, 7) is 1.99. The van der Waals surface area contributed by atoms with Crippen LogP contribution in [0.25, 0.3) is 17.0 Å². The minimum absolute atomic E-state index is 0.287. The van der Waals surface area contributed by atoms with E-state index in [-0.39, 0.29) is 5.78 Å².